The van der Waals surface area contributed by atoms with E-state index in [0.29, 0.717) is 18.2 Å². The number of rotatable bonds is 7. The lowest BCUT2D eigenvalue weighted by atomic mass is 10.0. The van der Waals surface area contributed by atoms with E-state index in [-0.39, 0.29) is 11.9 Å². The van der Waals surface area contributed by atoms with Crippen molar-refractivity contribution in [2.45, 2.75) is 39.2 Å². The third-order valence-corrected chi connectivity index (χ3v) is 5.82. The summed E-state index contributed by atoms with van der Waals surface area (Å²) in [5.41, 5.74) is 3.87. The molecule has 156 valence electrons. The number of carbonyl (C=O) groups is 1. The van der Waals surface area contributed by atoms with Crippen LogP contribution >= 0.6 is 11.6 Å². The second-order valence-electron chi connectivity index (χ2n) is 7.60. The van der Waals surface area contributed by atoms with Gasteiger partial charge < -0.3 is 14.5 Å². The number of hydrogen-bond acceptors (Lipinski definition) is 4. The Bertz CT molecular complexity index is 819. The van der Waals surface area contributed by atoms with Crippen molar-refractivity contribution < 1.29 is 9.53 Å². The Hall–Kier alpha value is -2.11. The number of amides is 1. The lowest BCUT2D eigenvalue weighted by molar-refractivity contribution is 0.0719. The van der Waals surface area contributed by atoms with Gasteiger partial charge in [0.15, 0.2) is 0 Å². The number of ether oxygens (including phenoxy) is 1. The molecule has 2 aromatic rings. The van der Waals surface area contributed by atoms with Crippen LogP contribution in [0.15, 0.2) is 36.5 Å². The first-order valence-electron chi connectivity index (χ1n) is 10.3. The number of halogens is 1. The van der Waals surface area contributed by atoms with E-state index in [1.54, 1.807) is 6.20 Å². The van der Waals surface area contributed by atoms with E-state index in [9.17, 15) is 4.79 Å². The molecule has 1 fully saturated rings. The fourth-order valence-electron chi connectivity index (χ4n) is 3.80. The van der Waals surface area contributed by atoms with E-state index in [0.717, 1.165) is 54.9 Å². The summed E-state index contributed by atoms with van der Waals surface area (Å²) in [7, 11) is 1.91. The fourth-order valence-corrected chi connectivity index (χ4v) is 3.91. The highest BCUT2D eigenvalue weighted by Crippen LogP contribution is 2.26. The Morgan fingerprint density at radius 1 is 1.28 bits per heavy atom. The molecule has 0 N–H and O–H groups in total. The predicted octanol–water partition coefficient (Wildman–Crippen LogP) is 4.36. The van der Waals surface area contributed by atoms with Crippen molar-refractivity contribution in [1.82, 2.24) is 9.88 Å². The van der Waals surface area contributed by atoms with E-state index >= 15 is 0 Å². The molecule has 1 aromatic heterocycles. The maximum atomic E-state index is 13.5. The average molecular weight is 416 g/mol. The first-order valence-corrected chi connectivity index (χ1v) is 10.7. The number of aryl methyl sites for hydroxylation is 2. The van der Waals surface area contributed by atoms with Gasteiger partial charge in [-0.2, -0.15) is 0 Å². The fraction of sp³-hybridized carbons (Fsp3) is 0.478. The average Bonchev–Trinajstić information content (AvgIpc) is 2.75. The van der Waals surface area contributed by atoms with Crippen LogP contribution in [-0.4, -0.2) is 55.2 Å². The van der Waals surface area contributed by atoms with E-state index in [1.807, 2.05) is 37.1 Å². The van der Waals surface area contributed by atoms with Gasteiger partial charge in [-0.3, -0.25) is 9.78 Å². The normalized spacial score (nSPS) is 15.2. The predicted molar refractivity (Wildman–Crippen MR) is 118 cm³/mol. The summed E-state index contributed by atoms with van der Waals surface area (Å²) >= 11 is 5.93. The summed E-state index contributed by atoms with van der Waals surface area (Å²) in [5, 5.41) is 0.642. The van der Waals surface area contributed by atoms with E-state index in [2.05, 4.69) is 28.9 Å². The molecule has 1 amide bonds. The van der Waals surface area contributed by atoms with Crippen LogP contribution in [0, 0.1) is 6.92 Å². The molecule has 1 aliphatic heterocycles. The van der Waals surface area contributed by atoms with Crippen LogP contribution in [0.5, 0.6) is 0 Å². The van der Waals surface area contributed by atoms with Gasteiger partial charge in [0.25, 0.3) is 5.91 Å². The van der Waals surface area contributed by atoms with Gasteiger partial charge in [0, 0.05) is 43.8 Å². The number of pyridine rings is 1. The van der Waals surface area contributed by atoms with Crippen molar-refractivity contribution in [3.05, 3.63) is 58.4 Å². The number of nitrogens with zero attached hydrogens (tertiary/aromatic N) is 3. The number of benzene rings is 1. The number of carbonyl (C=O) groups excluding carboxylic acids is 1. The molecule has 0 saturated carbocycles. The number of hydrogen-bond donors (Lipinski definition) is 0. The Balaban J connectivity index is 1.75. The number of aromatic nitrogens is 1. The molecular weight excluding hydrogens is 386 g/mol. The van der Waals surface area contributed by atoms with Crippen molar-refractivity contribution >= 4 is 23.2 Å². The SMILES string of the molecule is CC[C@@H](CCc1ccc(Cl)cn1)N(C)C(=O)c1cc(C)ccc1N1CCOCC1. The molecule has 29 heavy (non-hydrogen) atoms. The molecule has 0 unspecified atom stereocenters. The first kappa shape index (κ1) is 21.6. The summed E-state index contributed by atoms with van der Waals surface area (Å²) in [6.07, 6.45) is 4.26. The van der Waals surface area contributed by atoms with Crippen LogP contribution in [0.2, 0.25) is 5.02 Å². The first-order chi connectivity index (χ1) is 14.0. The zero-order valence-corrected chi connectivity index (χ0v) is 18.3. The van der Waals surface area contributed by atoms with Gasteiger partial charge in [0.2, 0.25) is 0 Å². The second kappa shape index (κ2) is 10.1. The van der Waals surface area contributed by atoms with E-state index < -0.39 is 0 Å². The molecule has 1 saturated heterocycles. The van der Waals surface area contributed by atoms with Gasteiger partial charge in [0.05, 0.1) is 23.8 Å². The van der Waals surface area contributed by atoms with Gasteiger partial charge in [-0.25, -0.2) is 0 Å². The van der Waals surface area contributed by atoms with Gasteiger partial charge in [0.1, 0.15) is 0 Å². The Labute approximate surface area is 178 Å². The zero-order valence-electron chi connectivity index (χ0n) is 17.5. The van der Waals surface area contributed by atoms with Crippen LogP contribution in [0.25, 0.3) is 0 Å². The molecule has 1 aliphatic rings. The second-order valence-corrected chi connectivity index (χ2v) is 8.04. The minimum atomic E-state index is 0.0751. The molecule has 2 heterocycles. The van der Waals surface area contributed by atoms with Crippen molar-refractivity contribution in [2.24, 2.45) is 0 Å². The molecule has 1 atom stereocenters. The molecule has 6 heteroatoms. The van der Waals surface area contributed by atoms with Gasteiger partial charge in [-0.1, -0.05) is 30.2 Å². The van der Waals surface area contributed by atoms with E-state index in [1.165, 1.54) is 0 Å². The largest absolute Gasteiger partial charge is 0.378 e. The minimum absolute atomic E-state index is 0.0751. The quantitative estimate of drug-likeness (QED) is 0.673. The van der Waals surface area contributed by atoms with Gasteiger partial charge in [-0.05, 0) is 50.5 Å². The van der Waals surface area contributed by atoms with Crippen molar-refractivity contribution in [1.29, 1.82) is 0 Å². The Morgan fingerprint density at radius 3 is 2.69 bits per heavy atom. The van der Waals surface area contributed by atoms with Crippen molar-refractivity contribution in [3.8, 4) is 0 Å². The third-order valence-electron chi connectivity index (χ3n) is 5.60. The van der Waals surface area contributed by atoms with Crippen LogP contribution < -0.4 is 4.90 Å². The van der Waals surface area contributed by atoms with Gasteiger partial charge >= 0.3 is 0 Å². The monoisotopic (exact) mass is 415 g/mol. The third kappa shape index (κ3) is 5.49. The maximum Gasteiger partial charge on any atom is 0.255 e. The summed E-state index contributed by atoms with van der Waals surface area (Å²) in [6.45, 7) is 7.18. The Kier molecular flexibility index (Phi) is 7.51. The standard InChI is InChI=1S/C23H30ClN3O2/c1-4-20(9-8-19-7-6-18(24)16-25-19)26(3)23(28)21-15-17(2)5-10-22(21)27-11-13-29-14-12-27/h5-7,10,15-16,20H,4,8-9,11-14H2,1-3H3/t20-/m0/s1. The van der Waals surface area contributed by atoms with Gasteiger partial charge in [-0.15, -0.1) is 0 Å². The van der Waals surface area contributed by atoms with E-state index in [4.69, 9.17) is 16.3 Å². The van der Waals surface area contributed by atoms with Crippen molar-refractivity contribution in [3.63, 3.8) is 0 Å². The van der Waals surface area contributed by atoms with Crippen LogP contribution in [0.4, 0.5) is 5.69 Å². The summed E-state index contributed by atoms with van der Waals surface area (Å²) in [4.78, 5) is 22.0. The molecule has 0 bridgehead atoms. The molecule has 0 radical (unpaired) electrons. The Morgan fingerprint density at radius 2 is 2.03 bits per heavy atom. The minimum Gasteiger partial charge on any atom is -0.378 e. The van der Waals surface area contributed by atoms with Crippen LogP contribution in [0.3, 0.4) is 0 Å². The lowest BCUT2D eigenvalue weighted by Gasteiger charge is -2.33. The highest BCUT2D eigenvalue weighted by molar-refractivity contribution is 6.30. The van der Waals surface area contributed by atoms with Crippen LogP contribution in [-0.2, 0) is 11.2 Å². The molecule has 5 nitrogen and oxygen atoms in total. The van der Waals surface area contributed by atoms with Crippen molar-refractivity contribution in [2.75, 3.05) is 38.3 Å². The molecule has 0 aliphatic carbocycles. The summed E-state index contributed by atoms with van der Waals surface area (Å²) < 4.78 is 5.48. The number of anilines is 1. The smallest absolute Gasteiger partial charge is 0.255 e. The van der Waals surface area contributed by atoms with Crippen LogP contribution in [0.1, 0.15) is 41.4 Å². The topological polar surface area (TPSA) is 45.7 Å². The summed E-state index contributed by atoms with van der Waals surface area (Å²) in [5.74, 6) is 0.0751. The highest BCUT2D eigenvalue weighted by atomic mass is 35.5. The lowest BCUT2D eigenvalue weighted by Crippen LogP contribution is -2.40. The molecule has 1 aromatic carbocycles. The summed E-state index contributed by atoms with van der Waals surface area (Å²) in [6, 6.07) is 10.1. The zero-order chi connectivity index (χ0) is 20.8. The molecular formula is C23H30ClN3O2. The highest BCUT2D eigenvalue weighted by Gasteiger charge is 2.25. The molecule has 0 spiro atoms. The molecule has 3 rings (SSSR count). The number of morpholine rings is 1. The maximum absolute atomic E-state index is 13.5.